The molecule has 0 amide bonds. The van der Waals surface area contributed by atoms with E-state index in [1.165, 1.54) is 5.56 Å². The van der Waals surface area contributed by atoms with Crippen molar-refractivity contribution in [1.82, 2.24) is 0 Å². The van der Waals surface area contributed by atoms with Crippen molar-refractivity contribution in [1.29, 1.82) is 5.41 Å². The van der Waals surface area contributed by atoms with Crippen LogP contribution in [0, 0.1) is 12.3 Å². The van der Waals surface area contributed by atoms with Gasteiger partial charge in [-0.05, 0) is 18.1 Å². The SMILES string of the molecule is Cc1ccc(-c2ccccc2C(=N)N=NN)cc1. The summed E-state index contributed by atoms with van der Waals surface area (Å²) in [6, 6.07) is 15.7. The van der Waals surface area contributed by atoms with Gasteiger partial charge in [-0.3, -0.25) is 5.41 Å². The summed E-state index contributed by atoms with van der Waals surface area (Å²) >= 11 is 0. The van der Waals surface area contributed by atoms with Crippen LogP contribution in [0.25, 0.3) is 11.1 Å². The van der Waals surface area contributed by atoms with Crippen LogP contribution < -0.4 is 5.84 Å². The van der Waals surface area contributed by atoms with Crippen LogP contribution in [-0.2, 0) is 0 Å². The number of hydrogen-bond donors (Lipinski definition) is 2. The highest BCUT2D eigenvalue weighted by molar-refractivity contribution is 6.02. The van der Waals surface area contributed by atoms with Gasteiger partial charge < -0.3 is 5.84 Å². The monoisotopic (exact) mass is 238 g/mol. The summed E-state index contributed by atoms with van der Waals surface area (Å²) in [5, 5.41) is 14.6. The minimum Gasteiger partial charge on any atom is -0.305 e. The maximum absolute atomic E-state index is 7.82. The van der Waals surface area contributed by atoms with E-state index >= 15 is 0 Å². The lowest BCUT2D eigenvalue weighted by Gasteiger charge is -2.07. The van der Waals surface area contributed by atoms with E-state index in [-0.39, 0.29) is 5.84 Å². The Hall–Kier alpha value is -2.49. The van der Waals surface area contributed by atoms with Gasteiger partial charge in [0.2, 0.25) is 0 Å². The lowest BCUT2D eigenvalue weighted by atomic mass is 9.98. The first-order chi connectivity index (χ1) is 8.72. The van der Waals surface area contributed by atoms with E-state index in [4.69, 9.17) is 11.3 Å². The first-order valence-corrected chi connectivity index (χ1v) is 5.58. The topological polar surface area (TPSA) is 74.6 Å². The Morgan fingerprint density at radius 1 is 1.06 bits per heavy atom. The zero-order valence-electron chi connectivity index (χ0n) is 10.1. The van der Waals surface area contributed by atoms with Gasteiger partial charge in [-0.15, -0.1) is 5.11 Å². The molecule has 0 unspecified atom stereocenters. The molecule has 0 aliphatic carbocycles. The molecular formula is C14H14N4. The summed E-state index contributed by atoms with van der Waals surface area (Å²) < 4.78 is 0. The van der Waals surface area contributed by atoms with E-state index in [9.17, 15) is 0 Å². The van der Waals surface area contributed by atoms with Crippen LogP contribution in [0.3, 0.4) is 0 Å². The average Bonchev–Trinajstić information content (AvgIpc) is 2.40. The van der Waals surface area contributed by atoms with Gasteiger partial charge in [-0.2, -0.15) is 0 Å². The smallest absolute Gasteiger partial charge is 0.176 e. The fourth-order valence-corrected chi connectivity index (χ4v) is 1.79. The molecule has 0 aromatic heterocycles. The average molecular weight is 238 g/mol. The Morgan fingerprint density at radius 2 is 1.72 bits per heavy atom. The molecule has 0 fully saturated rings. The van der Waals surface area contributed by atoms with Crippen molar-refractivity contribution in [3.63, 3.8) is 0 Å². The van der Waals surface area contributed by atoms with E-state index in [2.05, 4.69) is 10.3 Å². The maximum atomic E-state index is 7.82. The summed E-state index contributed by atoms with van der Waals surface area (Å²) in [5.74, 6) is 5.06. The maximum Gasteiger partial charge on any atom is 0.176 e. The van der Waals surface area contributed by atoms with Gasteiger partial charge in [0, 0.05) is 5.56 Å². The third-order valence-corrected chi connectivity index (χ3v) is 2.70. The number of nitrogens with one attached hydrogen (secondary N) is 1. The number of benzene rings is 2. The Balaban J connectivity index is 2.51. The third kappa shape index (κ3) is 2.43. The van der Waals surface area contributed by atoms with Gasteiger partial charge in [0.15, 0.2) is 5.84 Å². The lowest BCUT2D eigenvalue weighted by molar-refractivity contribution is 1.07. The molecule has 2 aromatic carbocycles. The van der Waals surface area contributed by atoms with Gasteiger partial charge >= 0.3 is 0 Å². The molecule has 0 spiro atoms. The van der Waals surface area contributed by atoms with Crippen molar-refractivity contribution in [3.05, 3.63) is 59.7 Å². The molecule has 0 atom stereocenters. The zero-order valence-corrected chi connectivity index (χ0v) is 10.1. The molecule has 90 valence electrons. The van der Waals surface area contributed by atoms with Gasteiger partial charge in [0.25, 0.3) is 0 Å². The van der Waals surface area contributed by atoms with Crippen LogP contribution in [0.2, 0.25) is 0 Å². The van der Waals surface area contributed by atoms with E-state index in [1.54, 1.807) is 0 Å². The fourth-order valence-electron chi connectivity index (χ4n) is 1.79. The van der Waals surface area contributed by atoms with Crippen molar-refractivity contribution in [3.8, 4) is 11.1 Å². The highest BCUT2D eigenvalue weighted by Gasteiger charge is 2.08. The molecule has 0 radical (unpaired) electrons. The predicted octanol–water partition coefficient (Wildman–Crippen LogP) is 3.31. The van der Waals surface area contributed by atoms with Crippen molar-refractivity contribution < 1.29 is 0 Å². The first kappa shape index (κ1) is 12.0. The Kier molecular flexibility index (Phi) is 3.48. The second-order valence-corrected chi connectivity index (χ2v) is 3.98. The summed E-state index contributed by atoms with van der Waals surface area (Å²) in [6.45, 7) is 2.04. The molecule has 0 aliphatic heterocycles. The largest absolute Gasteiger partial charge is 0.305 e. The number of aryl methyl sites for hydroxylation is 1. The lowest BCUT2D eigenvalue weighted by Crippen LogP contribution is -1.98. The standard InChI is InChI=1S/C14H14N4/c1-10-6-8-11(9-7-10)12-4-2-3-5-13(12)14(15)17-18-16/h2-9H,1H3,(H3,15,16,17). The number of rotatable bonds is 2. The Morgan fingerprint density at radius 3 is 2.39 bits per heavy atom. The van der Waals surface area contributed by atoms with E-state index < -0.39 is 0 Å². The minimum absolute atomic E-state index is 0.0636. The van der Waals surface area contributed by atoms with Crippen LogP contribution in [0.15, 0.2) is 58.9 Å². The van der Waals surface area contributed by atoms with E-state index in [0.29, 0.717) is 0 Å². The molecule has 3 N–H and O–H groups in total. The van der Waals surface area contributed by atoms with Crippen LogP contribution in [0.5, 0.6) is 0 Å². The fraction of sp³-hybridized carbons (Fsp3) is 0.0714. The number of hydrogen-bond acceptors (Lipinski definition) is 2. The number of nitrogens with zero attached hydrogens (tertiary/aromatic N) is 2. The molecule has 0 saturated carbocycles. The van der Waals surface area contributed by atoms with E-state index in [1.807, 2.05) is 55.5 Å². The molecule has 18 heavy (non-hydrogen) atoms. The molecule has 0 heterocycles. The molecular weight excluding hydrogens is 224 g/mol. The molecule has 2 rings (SSSR count). The molecule has 0 aliphatic rings. The van der Waals surface area contributed by atoms with Crippen LogP contribution >= 0.6 is 0 Å². The van der Waals surface area contributed by atoms with Crippen molar-refractivity contribution in [2.75, 3.05) is 0 Å². The van der Waals surface area contributed by atoms with Gasteiger partial charge in [0.1, 0.15) is 0 Å². The normalized spacial score (nSPS) is 10.7. The molecule has 4 nitrogen and oxygen atoms in total. The van der Waals surface area contributed by atoms with E-state index in [0.717, 1.165) is 16.7 Å². The highest BCUT2D eigenvalue weighted by Crippen LogP contribution is 2.24. The van der Waals surface area contributed by atoms with Gasteiger partial charge in [0.05, 0.1) is 0 Å². The molecule has 0 bridgehead atoms. The minimum atomic E-state index is 0.0636. The Labute approximate surface area is 106 Å². The van der Waals surface area contributed by atoms with Crippen molar-refractivity contribution in [2.45, 2.75) is 6.92 Å². The highest BCUT2D eigenvalue weighted by atomic mass is 15.3. The van der Waals surface area contributed by atoms with Crippen molar-refractivity contribution >= 4 is 5.84 Å². The molecule has 0 saturated heterocycles. The van der Waals surface area contributed by atoms with Crippen LogP contribution in [0.1, 0.15) is 11.1 Å². The summed E-state index contributed by atoms with van der Waals surface area (Å²) in [5.41, 5.74) is 3.92. The van der Waals surface area contributed by atoms with Crippen LogP contribution in [-0.4, -0.2) is 5.84 Å². The third-order valence-electron chi connectivity index (χ3n) is 2.70. The number of amidine groups is 1. The summed E-state index contributed by atoms with van der Waals surface area (Å²) in [4.78, 5) is 0. The predicted molar refractivity (Wildman–Crippen MR) is 72.5 cm³/mol. The first-order valence-electron chi connectivity index (χ1n) is 5.58. The van der Waals surface area contributed by atoms with Crippen molar-refractivity contribution in [2.24, 2.45) is 16.2 Å². The van der Waals surface area contributed by atoms with Gasteiger partial charge in [-0.1, -0.05) is 59.3 Å². The van der Waals surface area contributed by atoms with Gasteiger partial charge in [-0.25, -0.2) is 0 Å². The summed E-state index contributed by atoms with van der Waals surface area (Å²) in [7, 11) is 0. The second-order valence-electron chi connectivity index (χ2n) is 3.98. The zero-order chi connectivity index (χ0) is 13.0. The number of nitrogens with two attached hydrogens (primary N) is 1. The molecule has 4 heteroatoms. The molecule has 2 aromatic rings. The second kappa shape index (κ2) is 5.23. The Bertz CT molecular complexity index is 585. The van der Waals surface area contributed by atoms with Crippen LogP contribution in [0.4, 0.5) is 0 Å². The quantitative estimate of drug-likeness (QED) is 0.272. The summed E-state index contributed by atoms with van der Waals surface area (Å²) in [6.07, 6.45) is 0.